The van der Waals surface area contributed by atoms with Crippen molar-refractivity contribution < 1.29 is 9.47 Å². The smallest absolute Gasteiger partial charge is 0.127 e. The average Bonchev–Trinajstić information content (AvgIpc) is 3.01. The second-order valence-corrected chi connectivity index (χ2v) is 17.9. The SMILES string of the molecule is CN1CN(c2ccc(Oc3ccc(N(C(C)(C)C)C(C)(C)C)cc3)cc2)CN(c2ccc(Oc3ccc(N(C(C)(C)C)C(C)(C)C)cc3)cc2)C1. The van der Waals surface area contributed by atoms with E-state index in [0.29, 0.717) is 0 Å². The molecule has 0 atom stereocenters. The highest BCUT2D eigenvalue weighted by Gasteiger charge is 2.32. The molecule has 0 spiro atoms. The molecule has 5 rings (SSSR count). The molecule has 1 fully saturated rings. The highest BCUT2D eigenvalue weighted by Crippen LogP contribution is 2.36. The lowest BCUT2D eigenvalue weighted by Gasteiger charge is -2.47. The minimum atomic E-state index is 0.00139. The molecule has 0 aliphatic carbocycles. The van der Waals surface area contributed by atoms with Crippen LogP contribution in [0.3, 0.4) is 0 Å². The highest BCUT2D eigenvalue weighted by molar-refractivity contribution is 5.57. The Kier molecular flexibility index (Phi) is 10.7. The summed E-state index contributed by atoms with van der Waals surface area (Å²) in [6.45, 7) is 29.5. The van der Waals surface area contributed by atoms with Crippen molar-refractivity contribution >= 4 is 22.7 Å². The van der Waals surface area contributed by atoms with E-state index in [1.165, 1.54) is 11.4 Å². The summed E-state index contributed by atoms with van der Waals surface area (Å²) in [6, 6.07) is 33.7. The fourth-order valence-electron chi connectivity index (χ4n) is 7.86. The summed E-state index contributed by atoms with van der Waals surface area (Å²) in [5.74, 6) is 3.30. The lowest BCUT2D eigenvalue weighted by molar-refractivity contribution is 0.293. The van der Waals surface area contributed by atoms with Gasteiger partial charge in [0.2, 0.25) is 0 Å². The van der Waals surface area contributed by atoms with Crippen LogP contribution < -0.4 is 29.1 Å². The molecular weight excluding hydrogens is 631 g/mol. The van der Waals surface area contributed by atoms with E-state index in [0.717, 1.165) is 54.4 Å². The molecule has 4 aromatic rings. The highest BCUT2D eigenvalue weighted by atomic mass is 16.5. The minimum absolute atomic E-state index is 0.00139. The van der Waals surface area contributed by atoms with Crippen molar-refractivity contribution in [1.82, 2.24) is 4.90 Å². The minimum Gasteiger partial charge on any atom is -0.457 e. The fourth-order valence-corrected chi connectivity index (χ4v) is 7.86. The van der Waals surface area contributed by atoms with Crippen LogP contribution in [-0.4, -0.2) is 54.1 Å². The van der Waals surface area contributed by atoms with E-state index in [9.17, 15) is 0 Å². The molecule has 51 heavy (non-hydrogen) atoms. The fraction of sp³-hybridized carbons (Fsp3) is 0.455. The molecule has 0 saturated carbocycles. The van der Waals surface area contributed by atoms with E-state index in [1.807, 2.05) is 0 Å². The zero-order valence-electron chi connectivity index (χ0n) is 33.4. The van der Waals surface area contributed by atoms with Crippen molar-refractivity contribution in [2.45, 2.75) is 105 Å². The number of ether oxygens (including phenoxy) is 2. The van der Waals surface area contributed by atoms with E-state index >= 15 is 0 Å². The zero-order chi connectivity index (χ0) is 37.4. The number of hydrogen-bond donors (Lipinski definition) is 0. The van der Waals surface area contributed by atoms with Crippen molar-refractivity contribution in [3.05, 3.63) is 97.1 Å². The first-order valence-electron chi connectivity index (χ1n) is 18.2. The lowest BCUT2D eigenvalue weighted by atomic mass is 9.94. The van der Waals surface area contributed by atoms with Crippen LogP contribution in [0.2, 0.25) is 0 Å². The van der Waals surface area contributed by atoms with E-state index in [2.05, 4.69) is 212 Å². The maximum atomic E-state index is 6.26. The first-order chi connectivity index (χ1) is 23.7. The van der Waals surface area contributed by atoms with Gasteiger partial charge in [0.15, 0.2) is 0 Å². The standard InChI is InChI=1S/C44H61N5O2/c1-41(2,3)48(42(4,5)6)35-18-26-39(27-19-35)50-37-22-14-33(15-23-37)46-30-45(13)31-47(32-46)34-16-24-38(25-17-34)51-40-28-20-36(21-29-40)49(43(7,8)9)44(10,11)12/h14-29H,30-32H2,1-13H3. The molecule has 274 valence electrons. The van der Waals surface area contributed by atoms with Gasteiger partial charge in [-0.1, -0.05) is 0 Å². The first kappa shape index (κ1) is 37.9. The largest absolute Gasteiger partial charge is 0.457 e. The zero-order valence-corrected chi connectivity index (χ0v) is 33.4. The molecule has 1 aliphatic heterocycles. The Morgan fingerprint density at radius 3 is 0.902 bits per heavy atom. The normalized spacial score (nSPS) is 14.8. The molecule has 0 N–H and O–H groups in total. The van der Waals surface area contributed by atoms with Crippen LogP contribution in [0.15, 0.2) is 97.1 Å². The Labute approximate surface area is 308 Å². The molecule has 1 saturated heterocycles. The summed E-state index contributed by atoms with van der Waals surface area (Å²) in [5.41, 5.74) is 4.69. The lowest BCUT2D eigenvalue weighted by Crippen LogP contribution is -2.53. The maximum absolute atomic E-state index is 6.26. The number of nitrogens with zero attached hydrogens (tertiary/aromatic N) is 5. The third-order valence-corrected chi connectivity index (χ3v) is 8.91. The van der Waals surface area contributed by atoms with Gasteiger partial charge in [0.05, 0.1) is 20.0 Å². The van der Waals surface area contributed by atoms with Gasteiger partial charge < -0.3 is 29.1 Å². The predicted octanol–water partition coefficient (Wildman–Crippen LogP) is 11.2. The topological polar surface area (TPSA) is 34.7 Å². The Balaban J connectivity index is 1.20. The summed E-state index contributed by atoms with van der Waals surface area (Å²) < 4.78 is 12.5. The summed E-state index contributed by atoms with van der Waals surface area (Å²) in [6.07, 6.45) is 0. The van der Waals surface area contributed by atoms with Crippen LogP contribution >= 0.6 is 0 Å². The maximum Gasteiger partial charge on any atom is 0.127 e. The van der Waals surface area contributed by atoms with Gasteiger partial charge in [0, 0.05) is 44.9 Å². The van der Waals surface area contributed by atoms with Crippen molar-refractivity contribution in [1.29, 1.82) is 0 Å². The van der Waals surface area contributed by atoms with Gasteiger partial charge in [-0.2, -0.15) is 0 Å². The summed E-state index contributed by atoms with van der Waals surface area (Å²) in [4.78, 5) is 12.0. The Morgan fingerprint density at radius 2 is 0.647 bits per heavy atom. The second-order valence-electron chi connectivity index (χ2n) is 17.9. The van der Waals surface area contributed by atoms with Crippen molar-refractivity contribution in [3.8, 4) is 23.0 Å². The molecule has 1 heterocycles. The monoisotopic (exact) mass is 691 g/mol. The quantitative estimate of drug-likeness (QED) is 0.182. The van der Waals surface area contributed by atoms with Crippen LogP contribution in [0.5, 0.6) is 23.0 Å². The number of rotatable bonds is 8. The van der Waals surface area contributed by atoms with Gasteiger partial charge in [-0.3, -0.25) is 4.90 Å². The van der Waals surface area contributed by atoms with Crippen molar-refractivity contribution in [2.24, 2.45) is 0 Å². The molecule has 0 radical (unpaired) electrons. The number of anilines is 4. The molecule has 4 aromatic carbocycles. The van der Waals surface area contributed by atoms with E-state index < -0.39 is 0 Å². The first-order valence-corrected chi connectivity index (χ1v) is 18.2. The van der Waals surface area contributed by atoms with Gasteiger partial charge in [0.25, 0.3) is 0 Å². The summed E-state index contributed by atoms with van der Waals surface area (Å²) in [5, 5.41) is 0. The van der Waals surface area contributed by atoms with Crippen molar-refractivity contribution in [2.75, 3.05) is 46.7 Å². The van der Waals surface area contributed by atoms with E-state index in [-0.39, 0.29) is 22.2 Å². The van der Waals surface area contributed by atoms with Crippen LogP contribution in [0, 0.1) is 0 Å². The third kappa shape index (κ3) is 9.50. The molecule has 0 unspecified atom stereocenters. The van der Waals surface area contributed by atoms with E-state index in [1.54, 1.807) is 0 Å². The van der Waals surface area contributed by atoms with Gasteiger partial charge in [-0.25, -0.2) is 0 Å². The molecule has 7 heteroatoms. The molecule has 0 aromatic heterocycles. The molecule has 7 nitrogen and oxygen atoms in total. The van der Waals surface area contributed by atoms with E-state index in [4.69, 9.17) is 9.47 Å². The molecule has 0 bridgehead atoms. The van der Waals surface area contributed by atoms with Gasteiger partial charge in [-0.15, -0.1) is 0 Å². The Morgan fingerprint density at radius 1 is 0.392 bits per heavy atom. The van der Waals surface area contributed by atoms with Crippen LogP contribution in [0.4, 0.5) is 22.7 Å². The molecule has 1 aliphatic rings. The van der Waals surface area contributed by atoms with Crippen LogP contribution in [0.25, 0.3) is 0 Å². The van der Waals surface area contributed by atoms with Gasteiger partial charge in [0.1, 0.15) is 23.0 Å². The Hall–Kier alpha value is -4.36. The number of benzene rings is 4. The van der Waals surface area contributed by atoms with Crippen LogP contribution in [-0.2, 0) is 0 Å². The second kappa shape index (κ2) is 14.3. The third-order valence-electron chi connectivity index (χ3n) is 8.91. The molecule has 0 amide bonds. The van der Waals surface area contributed by atoms with Crippen LogP contribution in [0.1, 0.15) is 83.1 Å². The van der Waals surface area contributed by atoms with Gasteiger partial charge in [-0.05, 0) is 187 Å². The number of hydrogen-bond acceptors (Lipinski definition) is 7. The molecular formula is C44H61N5O2. The average molecular weight is 692 g/mol. The van der Waals surface area contributed by atoms with Crippen molar-refractivity contribution in [3.63, 3.8) is 0 Å². The summed E-state index contributed by atoms with van der Waals surface area (Å²) >= 11 is 0. The Bertz CT molecular complexity index is 1550. The van der Waals surface area contributed by atoms with Gasteiger partial charge >= 0.3 is 0 Å². The predicted molar refractivity (Wildman–Crippen MR) is 217 cm³/mol. The summed E-state index contributed by atoms with van der Waals surface area (Å²) in [7, 11) is 2.16.